The van der Waals surface area contributed by atoms with Gasteiger partial charge in [-0.15, -0.1) is 0 Å². The van der Waals surface area contributed by atoms with E-state index in [-0.39, 0.29) is 18.3 Å². The van der Waals surface area contributed by atoms with Crippen molar-refractivity contribution in [3.05, 3.63) is 65.7 Å². The number of carboxylic acids is 1. The highest BCUT2D eigenvalue weighted by Crippen LogP contribution is 2.47. The lowest BCUT2D eigenvalue weighted by atomic mass is 9.72. The molecule has 2 aliphatic rings. The van der Waals surface area contributed by atoms with Crippen molar-refractivity contribution >= 4 is 5.97 Å². The number of likely N-dealkylation sites (tertiary alicyclic amines) is 1. The quantitative estimate of drug-likeness (QED) is 0.885. The van der Waals surface area contributed by atoms with Crippen LogP contribution in [0.25, 0.3) is 0 Å². The van der Waals surface area contributed by atoms with E-state index in [1.165, 1.54) is 5.56 Å². The van der Waals surface area contributed by atoms with Gasteiger partial charge in [-0.25, -0.2) is 0 Å². The molecule has 0 bridgehead atoms. The maximum atomic E-state index is 11.5. The maximum Gasteiger partial charge on any atom is 0.303 e. The van der Waals surface area contributed by atoms with Gasteiger partial charge in [-0.1, -0.05) is 48.5 Å². The van der Waals surface area contributed by atoms with Crippen LogP contribution in [0.5, 0.6) is 5.75 Å². The number of nitrogens with zero attached hydrogens (tertiary/aromatic N) is 1. The van der Waals surface area contributed by atoms with Crippen LogP contribution in [-0.4, -0.2) is 34.8 Å². The fraction of sp³-hybridized carbons (Fsp3) is 0.381. The Morgan fingerprint density at radius 3 is 2.69 bits per heavy atom. The van der Waals surface area contributed by atoms with Crippen molar-refractivity contribution in [2.45, 2.75) is 31.0 Å². The van der Waals surface area contributed by atoms with Crippen LogP contribution < -0.4 is 10.5 Å². The summed E-state index contributed by atoms with van der Waals surface area (Å²) in [6.07, 6.45) is 0.762. The zero-order valence-electron chi connectivity index (χ0n) is 14.7. The summed E-state index contributed by atoms with van der Waals surface area (Å²) >= 11 is 0. The first-order valence-electron chi connectivity index (χ1n) is 9.10. The molecule has 136 valence electrons. The van der Waals surface area contributed by atoms with Crippen LogP contribution in [-0.2, 0) is 11.3 Å². The van der Waals surface area contributed by atoms with Gasteiger partial charge in [0.25, 0.3) is 0 Å². The second kappa shape index (κ2) is 6.74. The van der Waals surface area contributed by atoms with E-state index in [1.807, 2.05) is 42.5 Å². The van der Waals surface area contributed by atoms with Gasteiger partial charge in [0.2, 0.25) is 0 Å². The van der Waals surface area contributed by atoms with Gasteiger partial charge in [0.05, 0.1) is 6.42 Å². The van der Waals surface area contributed by atoms with Crippen molar-refractivity contribution < 1.29 is 14.6 Å². The fourth-order valence-corrected chi connectivity index (χ4v) is 4.36. The van der Waals surface area contributed by atoms with Crippen LogP contribution in [0, 0.1) is 5.92 Å². The van der Waals surface area contributed by atoms with E-state index in [2.05, 4.69) is 17.0 Å². The van der Waals surface area contributed by atoms with E-state index in [4.69, 9.17) is 10.5 Å². The molecular weight excluding hydrogens is 328 g/mol. The van der Waals surface area contributed by atoms with Gasteiger partial charge in [0, 0.05) is 37.9 Å². The molecule has 3 atom stereocenters. The number of fused-ring (bicyclic) bond motifs is 2. The molecule has 2 aromatic carbocycles. The summed E-state index contributed by atoms with van der Waals surface area (Å²) in [6, 6.07) is 18.0. The Kier molecular flexibility index (Phi) is 4.42. The lowest BCUT2D eigenvalue weighted by Crippen LogP contribution is -2.64. The monoisotopic (exact) mass is 352 g/mol. The number of carboxylic acid groups (broad SMARTS) is 1. The van der Waals surface area contributed by atoms with Crippen LogP contribution in [0.1, 0.15) is 29.9 Å². The van der Waals surface area contributed by atoms with Crippen LogP contribution in [0.3, 0.4) is 0 Å². The highest BCUT2D eigenvalue weighted by atomic mass is 16.5. The molecule has 0 aliphatic carbocycles. The summed E-state index contributed by atoms with van der Waals surface area (Å²) in [6.45, 7) is 2.41. The Bertz CT molecular complexity index is 795. The first kappa shape index (κ1) is 17.1. The number of para-hydroxylation sites is 1. The largest absolute Gasteiger partial charge is 0.481 e. The van der Waals surface area contributed by atoms with Gasteiger partial charge in [0.15, 0.2) is 5.72 Å². The van der Waals surface area contributed by atoms with Gasteiger partial charge in [-0.3, -0.25) is 15.4 Å². The summed E-state index contributed by atoms with van der Waals surface area (Å²) in [5, 5.41) is 9.47. The molecule has 4 rings (SSSR count). The molecule has 0 amide bonds. The minimum absolute atomic E-state index is 0.0500. The summed E-state index contributed by atoms with van der Waals surface area (Å²) < 4.78 is 6.19. The van der Waals surface area contributed by atoms with Crippen molar-refractivity contribution in [3.63, 3.8) is 0 Å². The standard InChI is InChI=1S/C21H24N2O3/c22-21-10-11-23(13-15-6-2-1-3-7-15)14-18(21)17(12-20(24)25)16-8-4-5-9-19(16)26-21/h1-9,17-18H,10-14,22H2,(H,24,25). The van der Waals surface area contributed by atoms with E-state index < -0.39 is 11.7 Å². The summed E-state index contributed by atoms with van der Waals surface area (Å²) in [4.78, 5) is 13.9. The minimum atomic E-state index is -0.804. The van der Waals surface area contributed by atoms with E-state index >= 15 is 0 Å². The minimum Gasteiger partial charge on any atom is -0.481 e. The van der Waals surface area contributed by atoms with Crippen molar-refractivity contribution in [2.75, 3.05) is 13.1 Å². The topological polar surface area (TPSA) is 75.8 Å². The molecule has 0 spiro atoms. The SMILES string of the molecule is NC12CCN(Cc3ccccc3)CC1C(CC(=O)O)c1ccccc1O2. The molecule has 0 saturated carbocycles. The molecule has 2 heterocycles. The number of hydrogen-bond donors (Lipinski definition) is 2. The number of aliphatic carboxylic acids is 1. The van der Waals surface area contributed by atoms with Crippen molar-refractivity contribution in [2.24, 2.45) is 11.7 Å². The van der Waals surface area contributed by atoms with Gasteiger partial charge >= 0.3 is 5.97 Å². The van der Waals surface area contributed by atoms with Gasteiger partial charge in [-0.05, 0) is 17.2 Å². The first-order valence-corrected chi connectivity index (χ1v) is 9.10. The van der Waals surface area contributed by atoms with E-state index in [0.29, 0.717) is 6.42 Å². The average molecular weight is 352 g/mol. The molecule has 0 aromatic heterocycles. The van der Waals surface area contributed by atoms with Gasteiger partial charge in [0.1, 0.15) is 5.75 Å². The molecule has 5 heteroatoms. The molecule has 2 aliphatic heterocycles. The molecule has 3 unspecified atom stereocenters. The number of piperidine rings is 1. The third kappa shape index (κ3) is 3.20. The smallest absolute Gasteiger partial charge is 0.303 e. The number of hydrogen-bond acceptors (Lipinski definition) is 4. The highest BCUT2D eigenvalue weighted by Gasteiger charge is 2.50. The van der Waals surface area contributed by atoms with Crippen molar-refractivity contribution in [3.8, 4) is 5.75 Å². The van der Waals surface area contributed by atoms with Crippen molar-refractivity contribution in [1.29, 1.82) is 0 Å². The average Bonchev–Trinajstić information content (AvgIpc) is 2.63. The molecular formula is C21H24N2O3. The normalized spacial score (nSPS) is 27.9. The molecule has 5 nitrogen and oxygen atoms in total. The maximum absolute atomic E-state index is 11.5. The third-order valence-corrected chi connectivity index (χ3v) is 5.65. The second-order valence-electron chi connectivity index (χ2n) is 7.38. The zero-order chi connectivity index (χ0) is 18.1. The third-order valence-electron chi connectivity index (χ3n) is 5.65. The number of carbonyl (C=O) groups is 1. The number of benzene rings is 2. The van der Waals surface area contributed by atoms with Crippen LogP contribution in [0.2, 0.25) is 0 Å². The lowest BCUT2D eigenvalue weighted by molar-refractivity contribution is -0.139. The van der Waals surface area contributed by atoms with Crippen LogP contribution >= 0.6 is 0 Å². The van der Waals surface area contributed by atoms with Gasteiger partial charge in [-0.2, -0.15) is 0 Å². The van der Waals surface area contributed by atoms with Gasteiger partial charge < -0.3 is 9.84 Å². The van der Waals surface area contributed by atoms with Crippen molar-refractivity contribution in [1.82, 2.24) is 4.90 Å². The Labute approximate surface area is 153 Å². The van der Waals surface area contributed by atoms with E-state index in [1.54, 1.807) is 0 Å². The van der Waals surface area contributed by atoms with Crippen LogP contribution in [0.15, 0.2) is 54.6 Å². The summed E-state index contributed by atoms with van der Waals surface area (Å²) in [5.41, 5.74) is 8.07. The second-order valence-corrected chi connectivity index (χ2v) is 7.38. The predicted octanol–water partition coefficient (Wildman–Crippen LogP) is 2.81. The molecule has 2 aromatic rings. The molecule has 0 radical (unpaired) electrons. The molecule has 3 N–H and O–H groups in total. The number of ether oxygens (including phenoxy) is 1. The Morgan fingerprint density at radius 1 is 1.19 bits per heavy atom. The fourth-order valence-electron chi connectivity index (χ4n) is 4.36. The Hall–Kier alpha value is -2.37. The predicted molar refractivity (Wildman–Crippen MR) is 98.8 cm³/mol. The highest BCUT2D eigenvalue weighted by molar-refractivity contribution is 5.68. The zero-order valence-corrected chi connectivity index (χ0v) is 14.7. The summed E-state index contributed by atoms with van der Waals surface area (Å²) in [7, 11) is 0. The number of nitrogens with two attached hydrogens (primary N) is 1. The Morgan fingerprint density at radius 2 is 1.92 bits per heavy atom. The molecule has 1 saturated heterocycles. The summed E-state index contributed by atoms with van der Waals surface area (Å²) in [5.74, 6) is -0.254. The lowest BCUT2D eigenvalue weighted by Gasteiger charge is -2.51. The van der Waals surface area contributed by atoms with E-state index in [9.17, 15) is 9.90 Å². The Balaban J connectivity index is 1.62. The number of rotatable bonds is 4. The van der Waals surface area contributed by atoms with E-state index in [0.717, 1.165) is 30.9 Å². The molecule has 26 heavy (non-hydrogen) atoms. The van der Waals surface area contributed by atoms with Crippen LogP contribution in [0.4, 0.5) is 0 Å². The molecule has 1 fully saturated rings. The first-order chi connectivity index (χ1) is 12.5.